The number of ether oxygens (including phenoxy) is 2. The highest BCUT2D eigenvalue weighted by molar-refractivity contribution is 14.1. The fourth-order valence-corrected chi connectivity index (χ4v) is 2.92. The maximum absolute atomic E-state index is 6.04. The minimum atomic E-state index is 0.0374. The van der Waals surface area contributed by atoms with Crippen molar-refractivity contribution in [3.05, 3.63) is 64.1 Å². The van der Waals surface area contributed by atoms with Gasteiger partial charge in [0.25, 0.3) is 0 Å². The van der Waals surface area contributed by atoms with E-state index in [1.165, 1.54) is 0 Å². The number of para-hydroxylation sites is 1. The van der Waals surface area contributed by atoms with E-state index < -0.39 is 0 Å². The quantitative estimate of drug-likeness (QED) is 0.451. The van der Waals surface area contributed by atoms with Crippen LogP contribution in [-0.2, 0) is 11.3 Å². The Balaban J connectivity index is 2.07. The minimum absolute atomic E-state index is 0.0374. The summed E-state index contributed by atoms with van der Waals surface area (Å²) in [6.07, 6.45) is 0.0374. The van der Waals surface area contributed by atoms with E-state index in [2.05, 4.69) is 56.7 Å². The number of rotatable bonds is 6. The summed E-state index contributed by atoms with van der Waals surface area (Å²) in [6, 6.07) is 16.2. The molecule has 106 valence electrons. The monoisotopic (exact) mass is 446 g/mol. The van der Waals surface area contributed by atoms with Crippen molar-refractivity contribution in [2.75, 3.05) is 11.5 Å². The third-order valence-electron chi connectivity index (χ3n) is 2.99. The molecule has 1 unspecified atom stereocenters. The average molecular weight is 447 g/mol. The molecule has 0 aromatic heterocycles. The van der Waals surface area contributed by atoms with Crippen molar-refractivity contribution in [3.8, 4) is 5.75 Å². The Bertz CT molecular complexity index is 542. The van der Waals surface area contributed by atoms with Crippen LogP contribution < -0.4 is 4.74 Å². The van der Waals surface area contributed by atoms with Crippen LogP contribution in [0.15, 0.2) is 53.0 Å². The van der Waals surface area contributed by atoms with Gasteiger partial charge in [0.2, 0.25) is 0 Å². The zero-order chi connectivity index (χ0) is 14.4. The third kappa shape index (κ3) is 4.20. The number of benzene rings is 2. The van der Waals surface area contributed by atoms with Crippen molar-refractivity contribution in [2.45, 2.75) is 12.7 Å². The lowest BCUT2D eigenvalue weighted by Gasteiger charge is -2.18. The molecule has 2 rings (SSSR count). The SMILES string of the molecule is COc1ccccc1C(CI)OCc1ccc(Br)cc1. The Hall–Kier alpha value is -0.590. The predicted octanol–water partition coefficient (Wildman–Crippen LogP) is 5.15. The van der Waals surface area contributed by atoms with E-state index in [4.69, 9.17) is 9.47 Å². The van der Waals surface area contributed by atoms with E-state index in [-0.39, 0.29) is 6.10 Å². The smallest absolute Gasteiger partial charge is 0.124 e. The van der Waals surface area contributed by atoms with E-state index in [9.17, 15) is 0 Å². The van der Waals surface area contributed by atoms with Crippen LogP contribution in [0.25, 0.3) is 0 Å². The fourth-order valence-electron chi connectivity index (χ4n) is 1.93. The maximum Gasteiger partial charge on any atom is 0.124 e. The van der Waals surface area contributed by atoms with Crippen LogP contribution in [0.4, 0.5) is 0 Å². The molecule has 4 heteroatoms. The second-order valence-electron chi connectivity index (χ2n) is 4.32. The molecule has 20 heavy (non-hydrogen) atoms. The van der Waals surface area contributed by atoms with Gasteiger partial charge in [-0.1, -0.05) is 68.9 Å². The van der Waals surface area contributed by atoms with Gasteiger partial charge >= 0.3 is 0 Å². The van der Waals surface area contributed by atoms with Crippen molar-refractivity contribution in [1.29, 1.82) is 0 Å². The molecule has 2 aromatic rings. The molecule has 0 bridgehead atoms. The molecule has 0 saturated carbocycles. The van der Waals surface area contributed by atoms with Crippen molar-refractivity contribution < 1.29 is 9.47 Å². The molecule has 2 aromatic carbocycles. The summed E-state index contributed by atoms with van der Waals surface area (Å²) < 4.78 is 13.4. The summed E-state index contributed by atoms with van der Waals surface area (Å²) in [7, 11) is 1.69. The highest BCUT2D eigenvalue weighted by Crippen LogP contribution is 2.29. The van der Waals surface area contributed by atoms with E-state index >= 15 is 0 Å². The molecule has 0 radical (unpaired) electrons. The first-order valence-electron chi connectivity index (χ1n) is 6.29. The summed E-state index contributed by atoms with van der Waals surface area (Å²) in [5.41, 5.74) is 2.26. The second-order valence-corrected chi connectivity index (χ2v) is 6.12. The zero-order valence-electron chi connectivity index (χ0n) is 11.2. The fraction of sp³-hybridized carbons (Fsp3) is 0.250. The van der Waals surface area contributed by atoms with Gasteiger partial charge in [-0.05, 0) is 23.8 Å². The van der Waals surface area contributed by atoms with Crippen LogP contribution in [0, 0.1) is 0 Å². The topological polar surface area (TPSA) is 18.5 Å². The van der Waals surface area contributed by atoms with Crippen LogP contribution in [0.3, 0.4) is 0 Å². The van der Waals surface area contributed by atoms with Gasteiger partial charge in [-0.2, -0.15) is 0 Å². The van der Waals surface area contributed by atoms with E-state index in [0.29, 0.717) is 6.61 Å². The van der Waals surface area contributed by atoms with Crippen molar-refractivity contribution >= 4 is 38.5 Å². The van der Waals surface area contributed by atoms with Crippen molar-refractivity contribution in [3.63, 3.8) is 0 Å². The summed E-state index contributed by atoms with van der Waals surface area (Å²) in [5.74, 6) is 0.880. The van der Waals surface area contributed by atoms with Crippen LogP contribution in [-0.4, -0.2) is 11.5 Å². The van der Waals surface area contributed by atoms with Gasteiger partial charge in [-0.15, -0.1) is 0 Å². The molecule has 0 fully saturated rings. The molecule has 2 nitrogen and oxygen atoms in total. The first kappa shape index (κ1) is 15.8. The summed E-state index contributed by atoms with van der Waals surface area (Å²) in [4.78, 5) is 0. The van der Waals surface area contributed by atoms with E-state index in [1.807, 2.05) is 30.3 Å². The number of halogens is 2. The predicted molar refractivity (Wildman–Crippen MR) is 93.6 cm³/mol. The number of hydrogen-bond acceptors (Lipinski definition) is 2. The Morgan fingerprint density at radius 2 is 1.80 bits per heavy atom. The van der Waals surface area contributed by atoms with Gasteiger partial charge in [0.05, 0.1) is 19.8 Å². The lowest BCUT2D eigenvalue weighted by atomic mass is 10.1. The third-order valence-corrected chi connectivity index (χ3v) is 4.32. The second kappa shape index (κ2) is 8.00. The first-order chi connectivity index (χ1) is 9.74. The number of alkyl halides is 1. The number of methoxy groups -OCH3 is 1. The normalized spacial score (nSPS) is 12.2. The molecule has 0 saturated heterocycles. The molecule has 0 amide bonds. The van der Waals surface area contributed by atoms with Crippen LogP contribution >= 0.6 is 38.5 Å². The van der Waals surface area contributed by atoms with Crippen LogP contribution in [0.2, 0.25) is 0 Å². The number of hydrogen-bond donors (Lipinski definition) is 0. The Labute approximate surface area is 141 Å². The molecule has 0 spiro atoms. The Kier molecular flexibility index (Phi) is 6.32. The summed E-state index contributed by atoms with van der Waals surface area (Å²) in [5, 5.41) is 0. The van der Waals surface area contributed by atoms with Crippen LogP contribution in [0.5, 0.6) is 5.75 Å². The van der Waals surface area contributed by atoms with E-state index in [0.717, 1.165) is 25.8 Å². The molecular weight excluding hydrogens is 431 g/mol. The molecule has 0 aliphatic rings. The molecular formula is C16H16BrIO2. The summed E-state index contributed by atoms with van der Waals surface area (Å²) in [6.45, 7) is 0.596. The highest BCUT2D eigenvalue weighted by atomic mass is 127. The van der Waals surface area contributed by atoms with Gasteiger partial charge in [-0.3, -0.25) is 0 Å². The van der Waals surface area contributed by atoms with Crippen LogP contribution in [0.1, 0.15) is 17.2 Å². The van der Waals surface area contributed by atoms with Gasteiger partial charge in [0.1, 0.15) is 5.75 Å². The van der Waals surface area contributed by atoms with Gasteiger partial charge in [-0.25, -0.2) is 0 Å². The van der Waals surface area contributed by atoms with Gasteiger partial charge < -0.3 is 9.47 Å². The summed E-state index contributed by atoms with van der Waals surface area (Å²) >= 11 is 5.78. The largest absolute Gasteiger partial charge is 0.496 e. The first-order valence-corrected chi connectivity index (χ1v) is 8.61. The standard InChI is InChI=1S/C16H16BrIO2/c1-19-15-5-3-2-4-14(15)16(10-18)20-11-12-6-8-13(17)9-7-12/h2-9,16H,10-11H2,1H3. The van der Waals surface area contributed by atoms with Gasteiger partial charge in [0.15, 0.2) is 0 Å². The minimum Gasteiger partial charge on any atom is -0.496 e. The lowest BCUT2D eigenvalue weighted by Crippen LogP contribution is -2.07. The average Bonchev–Trinajstić information content (AvgIpc) is 2.50. The maximum atomic E-state index is 6.04. The molecule has 0 heterocycles. The Morgan fingerprint density at radius 1 is 1.10 bits per heavy atom. The zero-order valence-corrected chi connectivity index (χ0v) is 14.9. The molecule has 0 aliphatic carbocycles. The van der Waals surface area contributed by atoms with Crippen molar-refractivity contribution in [2.24, 2.45) is 0 Å². The van der Waals surface area contributed by atoms with E-state index in [1.54, 1.807) is 7.11 Å². The Morgan fingerprint density at radius 3 is 2.45 bits per heavy atom. The van der Waals surface area contributed by atoms with Crippen molar-refractivity contribution in [1.82, 2.24) is 0 Å². The molecule has 1 atom stereocenters. The molecule has 0 aliphatic heterocycles. The lowest BCUT2D eigenvalue weighted by molar-refractivity contribution is 0.0561. The molecule has 0 N–H and O–H groups in total. The van der Waals surface area contributed by atoms with Gasteiger partial charge in [0, 0.05) is 14.5 Å². The highest BCUT2D eigenvalue weighted by Gasteiger charge is 2.15.